The molecule has 0 atom stereocenters. The van der Waals surface area contributed by atoms with Crippen molar-refractivity contribution >= 4 is 6.29 Å². The van der Waals surface area contributed by atoms with Crippen LogP contribution in [0.4, 0.5) is 13.2 Å². The van der Waals surface area contributed by atoms with E-state index < -0.39 is 11.7 Å². The van der Waals surface area contributed by atoms with E-state index in [4.69, 9.17) is 0 Å². The zero-order chi connectivity index (χ0) is 12.5. The molecular weight excluding hydrogens is 229 g/mol. The van der Waals surface area contributed by atoms with Crippen molar-refractivity contribution in [2.45, 2.75) is 37.3 Å². The largest absolute Gasteiger partial charge is 0.416 e. The Morgan fingerprint density at radius 3 is 2.12 bits per heavy atom. The highest BCUT2D eigenvalue weighted by molar-refractivity contribution is 5.54. The lowest BCUT2D eigenvalue weighted by molar-refractivity contribution is -0.137. The maximum atomic E-state index is 12.4. The topological polar surface area (TPSA) is 17.1 Å². The van der Waals surface area contributed by atoms with Crippen LogP contribution in [-0.2, 0) is 16.4 Å². The van der Waals surface area contributed by atoms with Crippen molar-refractivity contribution in [1.82, 2.24) is 0 Å². The van der Waals surface area contributed by atoms with Crippen molar-refractivity contribution in [1.29, 1.82) is 0 Å². The zero-order valence-electron chi connectivity index (χ0n) is 9.26. The molecule has 2 rings (SSSR count). The van der Waals surface area contributed by atoms with Gasteiger partial charge in [0.1, 0.15) is 6.29 Å². The highest BCUT2D eigenvalue weighted by Crippen LogP contribution is 2.46. The molecule has 17 heavy (non-hydrogen) atoms. The second-order valence-corrected chi connectivity index (χ2v) is 4.58. The van der Waals surface area contributed by atoms with Gasteiger partial charge < -0.3 is 4.79 Å². The smallest absolute Gasteiger partial charge is 0.303 e. The standard InChI is InChI=1S/C13H13F3O/c14-13(15,16)11-4-2-10(3-5-11)12(8-9-17)6-1-7-12/h2-5,9H,1,6-8H2. The van der Waals surface area contributed by atoms with E-state index in [1.54, 1.807) is 0 Å². The molecule has 0 unspecified atom stereocenters. The predicted octanol–water partition coefficient (Wildman–Crippen LogP) is 3.72. The molecule has 1 aromatic carbocycles. The summed E-state index contributed by atoms with van der Waals surface area (Å²) in [7, 11) is 0. The van der Waals surface area contributed by atoms with E-state index in [9.17, 15) is 18.0 Å². The fraction of sp³-hybridized carbons (Fsp3) is 0.462. The predicted molar refractivity (Wildman–Crippen MR) is 57.7 cm³/mol. The Morgan fingerprint density at radius 1 is 1.18 bits per heavy atom. The Kier molecular flexibility index (Phi) is 2.98. The van der Waals surface area contributed by atoms with Gasteiger partial charge in [-0.2, -0.15) is 13.2 Å². The summed E-state index contributed by atoms with van der Waals surface area (Å²) in [4.78, 5) is 10.6. The Labute approximate surface area is 97.6 Å². The summed E-state index contributed by atoms with van der Waals surface area (Å²) < 4.78 is 37.2. The number of rotatable bonds is 3. The summed E-state index contributed by atoms with van der Waals surface area (Å²) in [6.45, 7) is 0. The highest BCUT2D eigenvalue weighted by Gasteiger charge is 2.38. The summed E-state index contributed by atoms with van der Waals surface area (Å²) in [5, 5.41) is 0. The molecule has 0 bridgehead atoms. The number of aldehydes is 1. The third kappa shape index (κ3) is 2.21. The van der Waals surface area contributed by atoms with Crippen LogP contribution in [0.15, 0.2) is 24.3 Å². The summed E-state index contributed by atoms with van der Waals surface area (Å²) in [5.74, 6) is 0. The van der Waals surface area contributed by atoms with Crippen molar-refractivity contribution in [3.63, 3.8) is 0 Å². The Hall–Kier alpha value is -1.32. The molecule has 1 saturated carbocycles. The van der Waals surface area contributed by atoms with Crippen LogP contribution < -0.4 is 0 Å². The van der Waals surface area contributed by atoms with Crippen LogP contribution in [0.5, 0.6) is 0 Å². The van der Waals surface area contributed by atoms with Gasteiger partial charge in [0, 0.05) is 11.8 Å². The van der Waals surface area contributed by atoms with Gasteiger partial charge in [0.2, 0.25) is 0 Å². The molecular formula is C13H13F3O. The number of hydrogen-bond donors (Lipinski definition) is 0. The Morgan fingerprint density at radius 2 is 1.76 bits per heavy atom. The van der Waals surface area contributed by atoms with Crippen LogP contribution >= 0.6 is 0 Å². The van der Waals surface area contributed by atoms with Gasteiger partial charge in [-0.05, 0) is 30.5 Å². The van der Waals surface area contributed by atoms with Crippen molar-refractivity contribution in [3.8, 4) is 0 Å². The lowest BCUT2D eigenvalue weighted by Gasteiger charge is -2.41. The first kappa shape index (κ1) is 12.1. The summed E-state index contributed by atoms with van der Waals surface area (Å²) in [6.07, 6.45) is -0.228. The first-order valence-corrected chi connectivity index (χ1v) is 5.59. The van der Waals surface area contributed by atoms with Crippen LogP contribution in [0, 0.1) is 0 Å². The van der Waals surface area contributed by atoms with E-state index in [2.05, 4.69) is 0 Å². The highest BCUT2D eigenvalue weighted by atomic mass is 19.4. The number of hydrogen-bond acceptors (Lipinski definition) is 1. The first-order valence-electron chi connectivity index (χ1n) is 5.59. The molecule has 1 fully saturated rings. The molecule has 0 saturated heterocycles. The zero-order valence-corrected chi connectivity index (χ0v) is 9.26. The third-order valence-electron chi connectivity index (χ3n) is 3.61. The SMILES string of the molecule is O=CCC1(c2ccc(C(F)(F)F)cc2)CCC1. The Balaban J connectivity index is 2.26. The Bertz CT molecular complexity index is 402. The maximum Gasteiger partial charge on any atom is 0.416 e. The van der Waals surface area contributed by atoms with Gasteiger partial charge in [-0.3, -0.25) is 0 Å². The average Bonchev–Trinajstić information content (AvgIpc) is 2.22. The molecule has 1 aliphatic carbocycles. The minimum absolute atomic E-state index is 0.203. The van der Waals surface area contributed by atoms with E-state index in [-0.39, 0.29) is 5.41 Å². The van der Waals surface area contributed by atoms with Crippen LogP contribution in [0.25, 0.3) is 0 Å². The molecule has 0 N–H and O–H groups in total. The third-order valence-corrected chi connectivity index (χ3v) is 3.61. The molecule has 0 radical (unpaired) electrons. The van der Waals surface area contributed by atoms with E-state index in [0.29, 0.717) is 6.42 Å². The van der Waals surface area contributed by atoms with E-state index in [1.807, 2.05) is 0 Å². The fourth-order valence-electron chi connectivity index (χ4n) is 2.39. The first-order chi connectivity index (χ1) is 7.98. The summed E-state index contributed by atoms with van der Waals surface area (Å²) >= 11 is 0. The van der Waals surface area contributed by atoms with Gasteiger partial charge in [0.25, 0.3) is 0 Å². The van der Waals surface area contributed by atoms with E-state index in [0.717, 1.165) is 43.2 Å². The minimum atomic E-state index is -4.30. The molecule has 0 aromatic heterocycles. The van der Waals surface area contributed by atoms with Crippen LogP contribution in [0.2, 0.25) is 0 Å². The number of benzene rings is 1. The normalized spacial score (nSPS) is 18.5. The minimum Gasteiger partial charge on any atom is -0.303 e. The number of carbonyl (C=O) groups is 1. The van der Waals surface area contributed by atoms with Crippen molar-refractivity contribution in [3.05, 3.63) is 35.4 Å². The molecule has 4 heteroatoms. The molecule has 0 spiro atoms. The van der Waals surface area contributed by atoms with Crippen LogP contribution in [-0.4, -0.2) is 6.29 Å². The molecule has 92 valence electrons. The average molecular weight is 242 g/mol. The van der Waals surface area contributed by atoms with Crippen LogP contribution in [0.3, 0.4) is 0 Å². The van der Waals surface area contributed by atoms with Gasteiger partial charge in [0.15, 0.2) is 0 Å². The monoisotopic (exact) mass is 242 g/mol. The maximum absolute atomic E-state index is 12.4. The lowest BCUT2D eigenvalue weighted by atomic mass is 9.63. The molecule has 1 aromatic rings. The van der Waals surface area contributed by atoms with Gasteiger partial charge in [-0.25, -0.2) is 0 Å². The second kappa shape index (κ2) is 4.17. The van der Waals surface area contributed by atoms with Crippen molar-refractivity contribution < 1.29 is 18.0 Å². The summed E-state index contributed by atoms with van der Waals surface area (Å²) in [5.41, 5.74) is 0.0111. The van der Waals surface area contributed by atoms with Gasteiger partial charge in [-0.1, -0.05) is 18.6 Å². The van der Waals surface area contributed by atoms with Gasteiger partial charge in [-0.15, -0.1) is 0 Å². The van der Waals surface area contributed by atoms with Crippen molar-refractivity contribution in [2.75, 3.05) is 0 Å². The number of alkyl halides is 3. The van der Waals surface area contributed by atoms with E-state index >= 15 is 0 Å². The summed E-state index contributed by atoms with van der Waals surface area (Å²) in [6, 6.07) is 5.21. The van der Waals surface area contributed by atoms with Gasteiger partial charge in [0.05, 0.1) is 5.56 Å². The number of carbonyl (C=O) groups excluding carboxylic acids is 1. The number of halogens is 3. The molecule has 0 amide bonds. The molecule has 0 heterocycles. The quantitative estimate of drug-likeness (QED) is 0.738. The lowest BCUT2D eigenvalue weighted by Crippen LogP contribution is -2.34. The molecule has 1 nitrogen and oxygen atoms in total. The van der Waals surface area contributed by atoms with Gasteiger partial charge >= 0.3 is 6.18 Å². The molecule has 1 aliphatic rings. The van der Waals surface area contributed by atoms with Crippen molar-refractivity contribution in [2.24, 2.45) is 0 Å². The van der Waals surface area contributed by atoms with E-state index in [1.165, 1.54) is 12.1 Å². The second-order valence-electron chi connectivity index (χ2n) is 4.58. The van der Waals surface area contributed by atoms with Crippen LogP contribution in [0.1, 0.15) is 36.8 Å². The fourth-order valence-corrected chi connectivity index (χ4v) is 2.39. The molecule has 0 aliphatic heterocycles.